The predicted octanol–water partition coefficient (Wildman–Crippen LogP) is 2.68. The molecule has 0 radical (unpaired) electrons. The van der Waals surface area contributed by atoms with Gasteiger partial charge in [-0.15, -0.1) is 5.10 Å². The van der Waals surface area contributed by atoms with Crippen molar-refractivity contribution < 1.29 is 9.34 Å². The molecule has 0 unspecified atom stereocenters. The molecule has 106 valence electrons. The summed E-state index contributed by atoms with van der Waals surface area (Å²) in [6, 6.07) is 3.97. The van der Waals surface area contributed by atoms with Gasteiger partial charge in [0, 0.05) is 16.5 Å². The van der Waals surface area contributed by atoms with Crippen LogP contribution in [0.2, 0.25) is 5.02 Å². The number of nitrogens with zero attached hydrogens (tertiary/aromatic N) is 3. The van der Waals surface area contributed by atoms with Crippen LogP contribution in [-0.2, 0) is 5.41 Å². The van der Waals surface area contributed by atoms with Crippen LogP contribution in [-0.4, -0.2) is 14.7 Å². The van der Waals surface area contributed by atoms with Crippen LogP contribution in [0.25, 0.3) is 5.69 Å². The number of hydrogen-bond acceptors (Lipinski definition) is 5. The third kappa shape index (κ3) is 2.57. The molecule has 7 nitrogen and oxygen atoms in total. The standard InChI is InChI=1S/C12H12ClN3O4/c1-12(2,3)10-14-15(11(17)20-10)8-5-4-7(13)6-9(8)16(18)19/h4-6H,1-3H3. The first-order valence-electron chi connectivity index (χ1n) is 5.75. The summed E-state index contributed by atoms with van der Waals surface area (Å²) in [5, 5.41) is 15.3. The minimum atomic E-state index is -0.777. The minimum absolute atomic E-state index is 0.0173. The molecule has 0 saturated carbocycles. The molecule has 0 atom stereocenters. The maximum absolute atomic E-state index is 11.8. The van der Waals surface area contributed by atoms with Crippen LogP contribution in [0.4, 0.5) is 5.69 Å². The Morgan fingerprint density at radius 1 is 1.40 bits per heavy atom. The summed E-state index contributed by atoms with van der Waals surface area (Å²) in [6.07, 6.45) is 0. The fraction of sp³-hybridized carbons (Fsp3) is 0.333. The number of nitro groups is 1. The van der Waals surface area contributed by atoms with Crippen LogP contribution >= 0.6 is 11.6 Å². The van der Waals surface area contributed by atoms with Crippen LogP contribution in [0, 0.1) is 10.1 Å². The summed E-state index contributed by atoms with van der Waals surface area (Å²) in [7, 11) is 0. The van der Waals surface area contributed by atoms with Gasteiger partial charge in [-0.3, -0.25) is 10.1 Å². The molecule has 0 aliphatic rings. The van der Waals surface area contributed by atoms with E-state index in [2.05, 4.69) is 5.10 Å². The Balaban J connectivity index is 2.67. The normalized spacial score (nSPS) is 11.6. The smallest absolute Gasteiger partial charge is 0.391 e. The third-order valence-electron chi connectivity index (χ3n) is 2.55. The van der Waals surface area contributed by atoms with E-state index in [0.29, 0.717) is 0 Å². The van der Waals surface area contributed by atoms with Gasteiger partial charge in [0.2, 0.25) is 5.89 Å². The molecule has 8 heteroatoms. The van der Waals surface area contributed by atoms with E-state index in [1.54, 1.807) is 0 Å². The number of rotatable bonds is 2. The van der Waals surface area contributed by atoms with Gasteiger partial charge in [0.05, 0.1) is 4.92 Å². The van der Waals surface area contributed by atoms with Crippen LogP contribution in [0.1, 0.15) is 26.7 Å². The summed E-state index contributed by atoms with van der Waals surface area (Å²) >= 11 is 5.73. The summed E-state index contributed by atoms with van der Waals surface area (Å²) < 4.78 is 5.91. The summed E-state index contributed by atoms with van der Waals surface area (Å²) in [5.74, 6) is -0.577. The van der Waals surface area contributed by atoms with E-state index in [1.807, 2.05) is 20.8 Å². The van der Waals surface area contributed by atoms with Crippen molar-refractivity contribution in [3.63, 3.8) is 0 Å². The summed E-state index contributed by atoms with van der Waals surface area (Å²) in [5.41, 5.74) is -0.775. The fourth-order valence-corrected chi connectivity index (χ4v) is 1.72. The van der Waals surface area contributed by atoms with Crippen molar-refractivity contribution >= 4 is 17.3 Å². The van der Waals surface area contributed by atoms with E-state index < -0.39 is 16.1 Å². The van der Waals surface area contributed by atoms with E-state index in [1.165, 1.54) is 12.1 Å². The van der Waals surface area contributed by atoms with Gasteiger partial charge in [-0.1, -0.05) is 32.4 Å². The Bertz CT molecular complexity index is 727. The molecule has 0 aliphatic carbocycles. The molecule has 2 aromatic rings. The third-order valence-corrected chi connectivity index (χ3v) is 2.79. The highest BCUT2D eigenvalue weighted by molar-refractivity contribution is 6.30. The van der Waals surface area contributed by atoms with Gasteiger partial charge >= 0.3 is 5.76 Å². The number of aromatic nitrogens is 2. The lowest BCUT2D eigenvalue weighted by atomic mass is 9.97. The van der Waals surface area contributed by atoms with Gasteiger partial charge in [-0.2, -0.15) is 4.68 Å². The highest BCUT2D eigenvalue weighted by Crippen LogP contribution is 2.26. The molecule has 1 heterocycles. The van der Waals surface area contributed by atoms with Gasteiger partial charge in [0.25, 0.3) is 5.69 Å². The zero-order valence-corrected chi connectivity index (χ0v) is 11.8. The monoisotopic (exact) mass is 297 g/mol. The van der Waals surface area contributed by atoms with E-state index in [4.69, 9.17) is 16.0 Å². The van der Waals surface area contributed by atoms with Crippen molar-refractivity contribution in [1.29, 1.82) is 0 Å². The van der Waals surface area contributed by atoms with Crippen molar-refractivity contribution in [2.24, 2.45) is 0 Å². The Labute approximate surface area is 118 Å². The number of nitro benzene ring substituents is 1. The molecule has 1 aromatic heterocycles. The van der Waals surface area contributed by atoms with Crippen LogP contribution in [0.15, 0.2) is 27.4 Å². The van der Waals surface area contributed by atoms with Crippen LogP contribution in [0.3, 0.4) is 0 Å². The zero-order chi connectivity index (χ0) is 15.1. The number of benzene rings is 1. The van der Waals surface area contributed by atoms with Crippen LogP contribution < -0.4 is 5.76 Å². The molecule has 0 saturated heterocycles. The molecule has 0 N–H and O–H groups in total. The van der Waals surface area contributed by atoms with E-state index >= 15 is 0 Å². The highest BCUT2D eigenvalue weighted by Gasteiger charge is 2.26. The molecule has 1 aromatic carbocycles. The zero-order valence-electron chi connectivity index (χ0n) is 11.1. The molecule has 0 amide bonds. The first-order valence-corrected chi connectivity index (χ1v) is 6.13. The van der Waals surface area contributed by atoms with Gasteiger partial charge in [0.1, 0.15) is 5.69 Å². The van der Waals surface area contributed by atoms with Crippen molar-refractivity contribution in [2.45, 2.75) is 26.2 Å². The average Bonchev–Trinajstić information content (AvgIpc) is 2.71. The molecule has 0 bridgehead atoms. The maximum Gasteiger partial charge on any atom is 0.442 e. The quantitative estimate of drug-likeness (QED) is 0.628. The largest absolute Gasteiger partial charge is 0.442 e. The molecule has 0 fully saturated rings. The van der Waals surface area contributed by atoms with Gasteiger partial charge in [-0.05, 0) is 12.1 Å². The van der Waals surface area contributed by atoms with E-state index in [9.17, 15) is 14.9 Å². The molecule has 2 rings (SSSR count). The lowest BCUT2D eigenvalue weighted by Gasteiger charge is -2.10. The molecule has 0 spiro atoms. The minimum Gasteiger partial charge on any atom is -0.391 e. The maximum atomic E-state index is 11.8. The summed E-state index contributed by atoms with van der Waals surface area (Å²) in [4.78, 5) is 22.2. The second-order valence-electron chi connectivity index (χ2n) is 5.23. The second kappa shape index (κ2) is 4.75. The van der Waals surface area contributed by atoms with E-state index in [0.717, 1.165) is 10.7 Å². The number of halogens is 1. The molecule has 20 heavy (non-hydrogen) atoms. The SMILES string of the molecule is CC(C)(C)c1nn(-c2ccc(Cl)cc2[N+](=O)[O-])c(=O)o1. The Morgan fingerprint density at radius 2 is 2.05 bits per heavy atom. The van der Waals surface area contributed by atoms with E-state index in [-0.39, 0.29) is 22.3 Å². The van der Waals surface area contributed by atoms with Crippen molar-refractivity contribution in [2.75, 3.05) is 0 Å². The Hall–Kier alpha value is -2.15. The second-order valence-corrected chi connectivity index (χ2v) is 5.66. The highest BCUT2D eigenvalue weighted by atomic mass is 35.5. The Kier molecular flexibility index (Phi) is 3.39. The van der Waals surface area contributed by atoms with Gasteiger partial charge < -0.3 is 4.42 Å². The summed E-state index contributed by atoms with van der Waals surface area (Å²) in [6.45, 7) is 5.46. The topological polar surface area (TPSA) is 91.2 Å². The molecule has 0 aliphatic heterocycles. The first-order chi connectivity index (χ1) is 9.20. The number of hydrogen-bond donors (Lipinski definition) is 0. The average molecular weight is 298 g/mol. The van der Waals surface area contributed by atoms with Gasteiger partial charge in [0.15, 0.2) is 0 Å². The lowest BCUT2D eigenvalue weighted by molar-refractivity contribution is -0.384. The first kappa shape index (κ1) is 14.3. The van der Waals surface area contributed by atoms with Crippen molar-refractivity contribution in [3.8, 4) is 5.69 Å². The van der Waals surface area contributed by atoms with Crippen molar-refractivity contribution in [3.05, 3.63) is 49.8 Å². The molecular formula is C12H12ClN3O4. The lowest BCUT2D eigenvalue weighted by Crippen LogP contribution is -2.15. The van der Waals surface area contributed by atoms with Crippen LogP contribution in [0.5, 0.6) is 0 Å². The van der Waals surface area contributed by atoms with Gasteiger partial charge in [-0.25, -0.2) is 4.79 Å². The molecular weight excluding hydrogens is 286 g/mol. The van der Waals surface area contributed by atoms with Crippen molar-refractivity contribution in [1.82, 2.24) is 9.78 Å². The fourth-order valence-electron chi connectivity index (χ4n) is 1.56. The Morgan fingerprint density at radius 3 is 2.55 bits per heavy atom. The predicted molar refractivity (Wildman–Crippen MR) is 72.5 cm³/mol.